The predicted octanol–water partition coefficient (Wildman–Crippen LogP) is 3.30. The summed E-state index contributed by atoms with van der Waals surface area (Å²) in [4.78, 5) is 4.28. The van der Waals surface area contributed by atoms with Gasteiger partial charge < -0.3 is 20.1 Å². The molecule has 5 nitrogen and oxygen atoms in total. The van der Waals surface area contributed by atoms with E-state index in [0.29, 0.717) is 19.5 Å². The lowest BCUT2D eigenvalue weighted by Crippen LogP contribution is -2.36. The molecule has 138 valence electrons. The van der Waals surface area contributed by atoms with Gasteiger partial charge in [0.1, 0.15) is 0 Å². The predicted molar refractivity (Wildman–Crippen MR) is 107 cm³/mol. The molecule has 0 saturated heterocycles. The second-order valence-electron chi connectivity index (χ2n) is 5.75. The summed E-state index contributed by atoms with van der Waals surface area (Å²) in [5.74, 6) is 2.22. The van der Waals surface area contributed by atoms with E-state index in [1.165, 1.54) is 5.56 Å². The van der Waals surface area contributed by atoms with Gasteiger partial charge in [-0.3, -0.25) is 4.99 Å². The lowest BCUT2D eigenvalue weighted by Gasteiger charge is -2.16. The number of methoxy groups -OCH3 is 2. The van der Waals surface area contributed by atoms with Crippen LogP contribution in [0.3, 0.4) is 0 Å². The highest BCUT2D eigenvalue weighted by molar-refractivity contribution is 5.79. The molecule has 2 aromatic rings. The minimum absolute atomic E-state index is 0.624. The Labute approximate surface area is 155 Å². The molecule has 0 unspecified atom stereocenters. The van der Waals surface area contributed by atoms with Gasteiger partial charge >= 0.3 is 0 Å². The Morgan fingerprint density at radius 2 is 1.73 bits per heavy atom. The number of hydrogen-bond acceptors (Lipinski definition) is 3. The molecule has 0 aliphatic carbocycles. The fraction of sp³-hybridized carbons (Fsp3) is 0.286. The third-order valence-electron chi connectivity index (χ3n) is 3.97. The summed E-state index contributed by atoms with van der Waals surface area (Å²) in [6.07, 6.45) is 2.57. The molecule has 0 fully saturated rings. The van der Waals surface area contributed by atoms with E-state index in [9.17, 15) is 0 Å². The van der Waals surface area contributed by atoms with Crippen LogP contribution in [0.2, 0.25) is 0 Å². The van der Waals surface area contributed by atoms with Gasteiger partial charge in [0, 0.05) is 25.7 Å². The summed E-state index contributed by atoms with van der Waals surface area (Å²) in [7, 11) is 5.06. The SMILES string of the molecule is C=CCc1cc(CNC(=NC)NCc2ccccc2)cc(OC)c1OC. The highest BCUT2D eigenvalue weighted by Crippen LogP contribution is 2.33. The van der Waals surface area contributed by atoms with Gasteiger partial charge in [-0.1, -0.05) is 36.4 Å². The molecule has 0 atom stereocenters. The number of hydrogen-bond donors (Lipinski definition) is 2. The molecule has 0 radical (unpaired) electrons. The van der Waals surface area contributed by atoms with Crippen molar-refractivity contribution >= 4 is 5.96 Å². The van der Waals surface area contributed by atoms with Crippen LogP contribution in [0, 0.1) is 0 Å². The molecule has 5 heteroatoms. The van der Waals surface area contributed by atoms with Crippen LogP contribution in [-0.2, 0) is 19.5 Å². The molecular weight excluding hydrogens is 326 g/mol. The molecule has 0 saturated carbocycles. The van der Waals surface area contributed by atoms with Crippen LogP contribution >= 0.6 is 0 Å². The number of rotatable bonds is 8. The van der Waals surface area contributed by atoms with E-state index in [1.807, 2.05) is 30.3 Å². The summed E-state index contributed by atoms with van der Waals surface area (Å²) in [6, 6.07) is 14.3. The van der Waals surface area contributed by atoms with E-state index in [2.05, 4.69) is 40.4 Å². The number of ether oxygens (including phenoxy) is 2. The number of nitrogens with one attached hydrogen (secondary N) is 2. The molecule has 0 bridgehead atoms. The fourth-order valence-electron chi connectivity index (χ4n) is 2.70. The largest absolute Gasteiger partial charge is 0.493 e. The van der Waals surface area contributed by atoms with Gasteiger partial charge in [-0.15, -0.1) is 6.58 Å². The van der Waals surface area contributed by atoms with Gasteiger partial charge in [-0.25, -0.2) is 0 Å². The van der Waals surface area contributed by atoms with E-state index in [4.69, 9.17) is 9.47 Å². The summed E-state index contributed by atoms with van der Waals surface area (Å²) in [5, 5.41) is 6.64. The van der Waals surface area contributed by atoms with E-state index in [0.717, 1.165) is 28.6 Å². The van der Waals surface area contributed by atoms with Gasteiger partial charge in [0.15, 0.2) is 17.5 Å². The molecule has 2 rings (SSSR count). The standard InChI is InChI=1S/C21H27N3O2/c1-5-9-18-12-17(13-19(25-3)20(18)26-4)15-24-21(22-2)23-14-16-10-7-6-8-11-16/h5-8,10-13H,1,9,14-15H2,2-4H3,(H2,22,23,24). The average Bonchev–Trinajstić information content (AvgIpc) is 2.68. The topological polar surface area (TPSA) is 54.9 Å². The van der Waals surface area contributed by atoms with Gasteiger partial charge in [0.25, 0.3) is 0 Å². The smallest absolute Gasteiger partial charge is 0.191 e. The van der Waals surface area contributed by atoms with Crippen molar-refractivity contribution in [2.75, 3.05) is 21.3 Å². The van der Waals surface area contributed by atoms with Gasteiger partial charge in [0.05, 0.1) is 14.2 Å². The van der Waals surface area contributed by atoms with Crippen molar-refractivity contribution < 1.29 is 9.47 Å². The fourth-order valence-corrected chi connectivity index (χ4v) is 2.70. The Kier molecular flexibility index (Phi) is 7.55. The molecule has 0 aliphatic rings. The quantitative estimate of drug-likeness (QED) is 0.434. The van der Waals surface area contributed by atoms with Crippen molar-refractivity contribution in [1.82, 2.24) is 10.6 Å². The highest BCUT2D eigenvalue weighted by atomic mass is 16.5. The summed E-state index contributed by atoms with van der Waals surface area (Å²) in [5.41, 5.74) is 3.34. The molecule has 0 aliphatic heterocycles. The Bertz CT molecular complexity index is 742. The van der Waals surface area contributed by atoms with Crippen LogP contribution in [0.25, 0.3) is 0 Å². The lowest BCUT2D eigenvalue weighted by atomic mass is 10.1. The lowest BCUT2D eigenvalue weighted by molar-refractivity contribution is 0.352. The second kappa shape index (κ2) is 10.1. The normalized spacial score (nSPS) is 11.0. The Hall–Kier alpha value is -2.95. The van der Waals surface area contributed by atoms with Crippen molar-refractivity contribution in [2.24, 2.45) is 4.99 Å². The number of aliphatic imine (C=N–C) groups is 1. The van der Waals surface area contributed by atoms with Gasteiger partial charge in [-0.05, 0) is 29.7 Å². The average molecular weight is 353 g/mol. The zero-order valence-electron chi connectivity index (χ0n) is 15.7. The minimum atomic E-state index is 0.624. The number of nitrogens with zero attached hydrogens (tertiary/aromatic N) is 1. The van der Waals surface area contributed by atoms with Crippen LogP contribution in [0.15, 0.2) is 60.1 Å². The first-order chi connectivity index (χ1) is 12.7. The summed E-state index contributed by atoms with van der Waals surface area (Å²) < 4.78 is 10.9. The number of benzene rings is 2. The highest BCUT2D eigenvalue weighted by Gasteiger charge is 2.12. The maximum atomic E-state index is 5.48. The van der Waals surface area contributed by atoms with E-state index in [-0.39, 0.29) is 0 Å². The van der Waals surface area contributed by atoms with Crippen LogP contribution < -0.4 is 20.1 Å². The van der Waals surface area contributed by atoms with Crippen molar-refractivity contribution in [3.05, 3.63) is 71.8 Å². The minimum Gasteiger partial charge on any atom is -0.493 e. The van der Waals surface area contributed by atoms with Crippen molar-refractivity contribution in [3.8, 4) is 11.5 Å². The monoisotopic (exact) mass is 353 g/mol. The first kappa shape index (κ1) is 19.4. The maximum absolute atomic E-state index is 5.48. The Morgan fingerprint density at radius 3 is 2.31 bits per heavy atom. The molecule has 0 spiro atoms. The Morgan fingerprint density at radius 1 is 1.04 bits per heavy atom. The zero-order valence-corrected chi connectivity index (χ0v) is 15.7. The van der Waals surface area contributed by atoms with Gasteiger partial charge in [0.2, 0.25) is 0 Å². The molecule has 0 amide bonds. The van der Waals surface area contributed by atoms with E-state index < -0.39 is 0 Å². The Balaban J connectivity index is 2.04. The third kappa shape index (κ3) is 5.28. The molecule has 0 heterocycles. The third-order valence-corrected chi connectivity index (χ3v) is 3.97. The van der Waals surface area contributed by atoms with Crippen LogP contribution in [-0.4, -0.2) is 27.2 Å². The van der Waals surface area contributed by atoms with E-state index in [1.54, 1.807) is 21.3 Å². The van der Waals surface area contributed by atoms with E-state index >= 15 is 0 Å². The molecule has 2 N–H and O–H groups in total. The summed E-state index contributed by atoms with van der Waals surface area (Å²) >= 11 is 0. The van der Waals surface area contributed by atoms with Crippen molar-refractivity contribution in [3.63, 3.8) is 0 Å². The number of guanidine groups is 1. The molecular formula is C21H27N3O2. The van der Waals surface area contributed by atoms with Gasteiger partial charge in [-0.2, -0.15) is 0 Å². The molecule has 26 heavy (non-hydrogen) atoms. The first-order valence-corrected chi connectivity index (χ1v) is 8.55. The van der Waals surface area contributed by atoms with Crippen LogP contribution in [0.4, 0.5) is 0 Å². The van der Waals surface area contributed by atoms with Crippen LogP contribution in [0.5, 0.6) is 11.5 Å². The zero-order chi connectivity index (χ0) is 18.8. The number of allylic oxidation sites excluding steroid dienone is 1. The first-order valence-electron chi connectivity index (χ1n) is 8.55. The molecule has 2 aromatic carbocycles. The van der Waals surface area contributed by atoms with Crippen molar-refractivity contribution in [1.29, 1.82) is 0 Å². The molecule has 0 aromatic heterocycles. The summed E-state index contributed by atoms with van der Waals surface area (Å²) in [6.45, 7) is 5.16. The van der Waals surface area contributed by atoms with Crippen molar-refractivity contribution in [2.45, 2.75) is 19.5 Å². The second-order valence-corrected chi connectivity index (χ2v) is 5.75. The van der Waals surface area contributed by atoms with Crippen LogP contribution in [0.1, 0.15) is 16.7 Å². The maximum Gasteiger partial charge on any atom is 0.191 e.